The van der Waals surface area contributed by atoms with Crippen molar-refractivity contribution in [2.24, 2.45) is 17.1 Å². The van der Waals surface area contributed by atoms with Gasteiger partial charge in [0.15, 0.2) is 0 Å². The van der Waals surface area contributed by atoms with Crippen LogP contribution < -0.4 is 5.73 Å². The van der Waals surface area contributed by atoms with Gasteiger partial charge in [-0.1, -0.05) is 27.7 Å². The molecule has 2 rings (SSSR count). The number of carbonyl (C=O) groups is 1. The summed E-state index contributed by atoms with van der Waals surface area (Å²) in [5.41, 5.74) is 5.35. The van der Waals surface area contributed by atoms with E-state index in [1.807, 2.05) is 25.7 Å². The van der Waals surface area contributed by atoms with Gasteiger partial charge in [-0.05, 0) is 19.3 Å². The number of hydrogen-bond acceptors (Lipinski definition) is 4. The predicted octanol–water partition coefficient (Wildman–Crippen LogP) is 2.21. The predicted molar refractivity (Wildman–Crippen MR) is 93.8 cm³/mol. The highest BCUT2D eigenvalue weighted by Gasteiger charge is 2.64. The van der Waals surface area contributed by atoms with Crippen LogP contribution in [-0.2, 0) is 14.3 Å². The Morgan fingerprint density at radius 1 is 1.35 bits per heavy atom. The third kappa shape index (κ3) is 3.84. The fraction of sp³-hybridized carbons (Fsp3) is 0.941. The van der Waals surface area contributed by atoms with Crippen LogP contribution in [0.4, 0.5) is 0 Å². The molecule has 2 fully saturated rings. The van der Waals surface area contributed by atoms with Gasteiger partial charge in [-0.25, -0.2) is 0 Å². The van der Waals surface area contributed by atoms with Gasteiger partial charge in [0.2, 0.25) is 5.91 Å². The number of amides is 1. The van der Waals surface area contributed by atoms with Gasteiger partial charge in [0.25, 0.3) is 0 Å². The van der Waals surface area contributed by atoms with Gasteiger partial charge in [0, 0.05) is 38.1 Å². The molecule has 0 aromatic rings. The van der Waals surface area contributed by atoms with Crippen molar-refractivity contribution < 1.29 is 14.3 Å². The molecule has 6 heteroatoms. The van der Waals surface area contributed by atoms with E-state index >= 15 is 0 Å². The highest BCUT2D eigenvalue weighted by Crippen LogP contribution is 2.50. The number of rotatable bonds is 6. The summed E-state index contributed by atoms with van der Waals surface area (Å²) in [5, 5.41) is 0. The lowest BCUT2D eigenvalue weighted by Gasteiger charge is -2.58. The summed E-state index contributed by atoms with van der Waals surface area (Å²) in [6.45, 7) is 13.1. The Kier molecular flexibility index (Phi) is 6.91. The van der Waals surface area contributed by atoms with Crippen LogP contribution in [0.5, 0.6) is 0 Å². The molecule has 1 saturated heterocycles. The largest absolute Gasteiger partial charge is 0.378 e. The summed E-state index contributed by atoms with van der Waals surface area (Å²) in [7, 11) is 0. The molecule has 1 amide bonds. The van der Waals surface area contributed by atoms with E-state index < -0.39 is 5.54 Å². The van der Waals surface area contributed by atoms with Crippen molar-refractivity contribution in [2.45, 2.75) is 65.2 Å². The Balaban J connectivity index is 0.00000264. The lowest BCUT2D eigenvalue weighted by molar-refractivity contribution is -0.178. The van der Waals surface area contributed by atoms with Crippen LogP contribution in [0.25, 0.3) is 0 Å². The lowest BCUT2D eigenvalue weighted by atomic mass is 9.54. The summed E-state index contributed by atoms with van der Waals surface area (Å²) in [4.78, 5) is 14.8. The maximum atomic E-state index is 12.9. The third-order valence-electron chi connectivity index (χ3n) is 5.31. The molecule has 1 aliphatic carbocycles. The van der Waals surface area contributed by atoms with E-state index in [0.29, 0.717) is 25.5 Å². The molecule has 136 valence electrons. The third-order valence-corrected chi connectivity index (χ3v) is 5.31. The molecule has 2 aliphatic rings. The topological polar surface area (TPSA) is 64.8 Å². The first-order valence-corrected chi connectivity index (χ1v) is 8.53. The second-order valence-electron chi connectivity index (χ2n) is 7.73. The molecular weight excluding hydrogens is 316 g/mol. The van der Waals surface area contributed by atoms with Gasteiger partial charge in [0.1, 0.15) is 5.54 Å². The van der Waals surface area contributed by atoms with Crippen molar-refractivity contribution in [3.63, 3.8) is 0 Å². The first-order chi connectivity index (χ1) is 10.2. The Morgan fingerprint density at radius 3 is 2.52 bits per heavy atom. The molecule has 1 heterocycles. The van der Waals surface area contributed by atoms with Gasteiger partial charge in [-0.15, -0.1) is 12.4 Å². The van der Waals surface area contributed by atoms with E-state index in [2.05, 4.69) is 13.8 Å². The van der Waals surface area contributed by atoms with E-state index in [0.717, 1.165) is 19.6 Å². The van der Waals surface area contributed by atoms with E-state index in [-0.39, 0.29) is 35.9 Å². The first-order valence-electron chi connectivity index (χ1n) is 8.53. The number of halogens is 1. The van der Waals surface area contributed by atoms with Crippen LogP contribution in [0, 0.1) is 11.3 Å². The fourth-order valence-corrected chi connectivity index (χ4v) is 3.46. The SMILES string of the molecule is CCOC1CC(N)(C(=O)N2CCC(OCC(C)C)C2)C1(C)C.Cl. The molecule has 0 radical (unpaired) electrons. The fourth-order valence-electron chi connectivity index (χ4n) is 3.46. The smallest absolute Gasteiger partial charge is 0.243 e. The van der Waals surface area contributed by atoms with Crippen molar-refractivity contribution in [3.05, 3.63) is 0 Å². The molecule has 3 unspecified atom stereocenters. The summed E-state index contributed by atoms with van der Waals surface area (Å²) in [5.74, 6) is 0.576. The van der Waals surface area contributed by atoms with Crippen LogP contribution in [0.15, 0.2) is 0 Å². The number of nitrogens with two attached hydrogens (primary N) is 1. The van der Waals surface area contributed by atoms with Crippen molar-refractivity contribution >= 4 is 18.3 Å². The van der Waals surface area contributed by atoms with Crippen molar-refractivity contribution in [2.75, 3.05) is 26.3 Å². The minimum Gasteiger partial charge on any atom is -0.378 e. The Morgan fingerprint density at radius 2 is 2.00 bits per heavy atom. The minimum absolute atomic E-state index is 0. The molecule has 0 bridgehead atoms. The van der Waals surface area contributed by atoms with Gasteiger partial charge in [-0.3, -0.25) is 4.79 Å². The van der Waals surface area contributed by atoms with Crippen LogP contribution in [0.3, 0.4) is 0 Å². The molecule has 0 aromatic carbocycles. The van der Waals surface area contributed by atoms with Crippen LogP contribution in [0.2, 0.25) is 0 Å². The number of nitrogens with zero attached hydrogens (tertiary/aromatic N) is 1. The van der Waals surface area contributed by atoms with Crippen molar-refractivity contribution in [3.8, 4) is 0 Å². The number of likely N-dealkylation sites (tertiary alicyclic amines) is 1. The Labute approximate surface area is 146 Å². The average molecular weight is 349 g/mol. The molecule has 2 N–H and O–H groups in total. The average Bonchev–Trinajstić information content (AvgIpc) is 2.92. The van der Waals surface area contributed by atoms with Crippen molar-refractivity contribution in [1.29, 1.82) is 0 Å². The second-order valence-corrected chi connectivity index (χ2v) is 7.73. The van der Waals surface area contributed by atoms with Gasteiger partial charge in [0.05, 0.1) is 12.2 Å². The summed E-state index contributed by atoms with van der Waals surface area (Å²) in [6.07, 6.45) is 1.74. The standard InChI is InChI=1S/C17H32N2O3.ClH/c1-6-21-14-9-17(18,16(14,4)5)15(20)19-8-7-13(10-19)22-11-12(2)3;/h12-14H,6-11,18H2,1-5H3;1H. The van der Waals surface area contributed by atoms with Gasteiger partial charge in [-0.2, -0.15) is 0 Å². The molecule has 23 heavy (non-hydrogen) atoms. The highest BCUT2D eigenvalue weighted by molar-refractivity contribution is 5.89. The van der Waals surface area contributed by atoms with Crippen molar-refractivity contribution in [1.82, 2.24) is 4.90 Å². The lowest BCUT2D eigenvalue weighted by Crippen LogP contribution is -2.75. The van der Waals surface area contributed by atoms with Crippen LogP contribution in [0.1, 0.15) is 47.5 Å². The quantitative estimate of drug-likeness (QED) is 0.799. The molecule has 1 aliphatic heterocycles. The Bertz CT molecular complexity index is 417. The minimum atomic E-state index is -0.806. The van der Waals surface area contributed by atoms with Crippen LogP contribution >= 0.6 is 12.4 Å². The van der Waals surface area contributed by atoms with E-state index in [9.17, 15) is 4.79 Å². The van der Waals surface area contributed by atoms with E-state index in [1.54, 1.807) is 0 Å². The zero-order valence-corrected chi connectivity index (χ0v) is 15.9. The highest BCUT2D eigenvalue weighted by atomic mass is 35.5. The molecular formula is C17H33ClN2O3. The maximum absolute atomic E-state index is 12.9. The molecule has 5 nitrogen and oxygen atoms in total. The molecule has 0 aromatic heterocycles. The number of ether oxygens (including phenoxy) is 2. The monoisotopic (exact) mass is 348 g/mol. The van der Waals surface area contributed by atoms with Gasteiger partial charge < -0.3 is 20.1 Å². The zero-order chi connectivity index (χ0) is 16.5. The summed E-state index contributed by atoms with van der Waals surface area (Å²) >= 11 is 0. The molecule has 3 atom stereocenters. The Hall–Kier alpha value is -0.360. The van der Waals surface area contributed by atoms with Gasteiger partial charge >= 0.3 is 0 Å². The van der Waals surface area contributed by atoms with E-state index in [4.69, 9.17) is 15.2 Å². The second kappa shape index (κ2) is 7.68. The number of hydrogen-bond donors (Lipinski definition) is 1. The molecule has 0 spiro atoms. The zero-order valence-electron chi connectivity index (χ0n) is 15.1. The normalized spacial score (nSPS) is 32.6. The first kappa shape index (κ1) is 20.7. The number of carbonyl (C=O) groups excluding carboxylic acids is 1. The maximum Gasteiger partial charge on any atom is 0.243 e. The van der Waals surface area contributed by atoms with E-state index in [1.165, 1.54) is 0 Å². The summed E-state index contributed by atoms with van der Waals surface area (Å²) < 4.78 is 11.6. The van der Waals surface area contributed by atoms with Crippen LogP contribution in [-0.4, -0.2) is 54.9 Å². The summed E-state index contributed by atoms with van der Waals surface area (Å²) in [6, 6.07) is 0. The molecule has 1 saturated carbocycles.